The number of carbonyl (C=O) groups is 1. The van der Waals surface area contributed by atoms with Gasteiger partial charge < -0.3 is 40.3 Å². The van der Waals surface area contributed by atoms with E-state index in [1.165, 1.54) is 167 Å². The Labute approximate surface area is 350 Å². The largest absolute Gasteiger partial charge is 0.394 e. The maximum absolute atomic E-state index is 12.8. The number of unbranched alkanes of at least 4 members (excludes halogenated alkanes) is 29. The first kappa shape index (κ1) is 53.9. The van der Waals surface area contributed by atoms with Crippen LogP contribution in [0.4, 0.5) is 0 Å². The second-order valence-corrected chi connectivity index (χ2v) is 17.3. The summed E-state index contributed by atoms with van der Waals surface area (Å²) in [6.07, 6.45) is 39.2. The van der Waals surface area contributed by atoms with Crippen molar-refractivity contribution >= 4 is 5.91 Å². The van der Waals surface area contributed by atoms with Crippen LogP contribution in [0.5, 0.6) is 0 Å². The van der Waals surface area contributed by atoms with Crippen molar-refractivity contribution < 1.29 is 39.8 Å². The van der Waals surface area contributed by atoms with E-state index in [0.29, 0.717) is 12.8 Å². The summed E-state index contributed by atoms with van der Waals surface area (Å²) in [5.41, 5.74) is 0. The molecule has 0 aromatic carbocycles. The highest BCUT2D eigenvalue weighted by Crippen LogP contribution is 2.23. The molecule has 1 saturated heterocycles. The number of hydrogen-bond donors (Lipinski definition) is 6. The second-order valence-electron chi connectivity index (χ2n) is 17.3. The fraction of sp³-hybridized carbons (Fsp3) is 0.938. The van der Waals surface area contributed by atoms with Gasteiger partial charge in [0.15, 0.2) is 6.29 Å². The number of aliphatic hydroxyl groups excluding tert-OH is 5. The van der Waals surface area contributed by atoms with E-state index in [0.717, 1.165) is 38.5 Å². The van der Waals surface area contributed by atoms with Gasteiger partial charge in [-0.15, -0.1) is 0 Å². The smallest absolute Gasteiger partial charge is 0.220 e. The van der Waals surface area contributed by atoms with Gasteiger partial charge in [-0.25, -0.2) is 0 Å². The predicted molar refractivity (Wildman–Crippen MR) is 235 cm³/mol. The molecular formula is C48H93NO8. The summed E-state index contributed by atoms with van der Waals surface area (Å²) in [7, 11) is 0. The molecule has 6 N–H and O–H groups in total. The molecule has 7 atom stereocenters. The first-order valence-electron chi connectivity index (χ1n) is 24.4. The van der Waals surface area contributed by atoms with Crippen molar-refractivity contribution in [2.24, 2.45) is 0 Å². The minimum atomic E-state index is -1.55. The van der Waals surface area contributed by atoms with Crippen molar-refractivity contribution in [3.8, 4) is 0 Å². The maximum atomic E-state index is 12.8. The first-order chi connectivity index (χ1) is 27.8. The van der Waals surface area contributed by atoms with Gasteiger partial charge in [-0.05, 0) is 38.5 Å². The lowest BCUT2D eigenvalue weighted by molar-refractivity contribution is -0.302. The third-order valence-corrected chi connectivity index (χ3v) is 11.9. The van der Waals surface area contributed by atoms with E-state index < -0.39 is 49.5 Å². The van der Waals surface area contributed by atoms with Crippen LogP contribution >= 0.6 is 0 Å². The summed E-state index contributed by atoms with van der Waals surface area (Å²) in [6, 6.07) is -0.710. The SMILES string of the molecule is CCCCCCCCCC/C=C\CCCCCCCCCCCCCCCCCCCCCC(=O)NC(COC1OC(CO)C(O)C(O)C1O)C(O)CCCCC. The lowest BCUT2D eigenvalue weighted by atomic mass is 9.99. The molecule has 1 fully saturated rings. The fourth-order valence-electron chi connectivity index (χ4n) is 7.92. The highest BCUT2D eigenvalue weighted by Gasteiger charge is 2.44. The van der Waals surface area contributed by atoms with Crippen LogP contribution < -0.4 is 5.32 Å². The minimum absolute atomic E-state index is 0.139. The van der Waals surface area contributed by atoms with Crippen LogP contribution in [0.2, 0.25) is 0 Å². The van der Waals surface area contributed by atoms with Crippen LogP contribution in [0.3, 0.4) is 0 Å². The number of nitrogens with one attached hydrogen (secondary N) is 1. The molecule has 9 heteroatoms. The Kier molecular flexibility index (Phi) is 37.0. The second kappa shape index (κ2) is 39.1. The Balaban J connectivity index is 1.96. The van der Waals surface area contributed by atoms with Gasteiger partial charge >= 0.3 is 0 Å². The zero-order chi connectivity index (χ0) is 41.6. The third-order valence-electron chi connectivity index (χ3n) is 11.9. The van der Waals surface area contributed by atoms with Crippen LogP contribution in [-0.4, -0.2) is 87.5 Å². The van der Waals surface area contributed by atoms with Crippen LogP contribution in [0.15, 0.2) is 12.2 Å². The monoisotopic (exact) mass is 812 g/mol. The minimum Gasteiger partial charge on any atom is -0.394 e. The van der Waals surface area contributed by atoms with Gasteiger partial charge in [-0.3, -0.25) is 4.79 Å². The summed E-state index contributed by atoms with van der Waals surface area (Å²) < 4.78 is 11.1. The van der Waals surface area contributed by atoms with Crippen molar-refractivity contribution in [1.29, 1.82) is 0 Å². The topological polar surface area (TPSA) is 149 Å². The molecule has 0 aliphatic carbocycles. The predicted octanol–water partition coefficient (Wildman–Crippen LogP) is 10.5. The van der Waals surface area contributed by atoms with Crippen LogP contribution in [0, 0.1) is 0 Å². The molecule has 0 saturated carbocycles. The van der Waals surface area contributed by atoms with Crippen molar-refractivity contribution in [2.75, 3.05) is 13.2 Å². The Morgan fingerprint density at radius 1 is 0.579 bits per heavy atom. The zero-order valence-electron chi connectivity index (χ0n) is 37.1. The molecule has 338 valence electrons. The van der Waals surface area contributed by atoms with Gasteiger partial charge in [0.2, 0.25) is 5.91 Å². The van der Waals surface area contributed by atoms with Gasteiger partial charge in [0.1, 0.15) is 24.4 Å². The van der Waals surface area contributed by atoms with Gasteiger partial charge in [-0.2, -0.15) is 0 Å². The molecule has 1 aliphatic heterocycles. The Bertz CT molecular complexity index is 904. The average Bonchev–Trinajstić information content (AvgIpc) is 3.21. The summed E-state index contributed by atoms with van der Waals surface area (Å²) in [4.78, 5) is 12.8. The molecule has 1 rings (SSSR count). The van der Waals surface area contributed by atoms with Crippen molar-refractivity contribution in [3.05, 3.63) is 12.2 Å². The highest BCUT2D eigenvalue weighted by atomic mass is 16.7. The fourth-order valence-corrected chi connectivity index (χ4v) is 7.92. The Morgan fingerprint density at radius 2 is 0.982 bits per heavy atom. The number of carbonyl (C=O) groups excluding carboxylic acids is 1. The highest BCUT2D eigenvalue weighted by molar-refractivity contribution is 5.76. The number of amides is 1. The molecule has 0 spiro atoms. The quantitative estimate of drug-likeness (QED) is 0.0264. The molecule has 0 radical (unpaired) electrons. The summed E-state index contributed by atoms with van der Waals surface area (Å²) in [5, 5.41) is 53.6. The average molecular weight is 812 g/mol. The number of allylic oxidation sites excluding steroid dienone is 2. The van der Waals surface area contributed by atoms with Crippen molar-refractivity contribution in [2.45, 2.75) is 275 Å². The summed E-state index contributed by atoms with van der Waals surface area (Å²) >= 11 is 0. The molecule has 0 aromatic rings. The third kappa shape index (κ3) is 29.7. The van der Waals surface area contributed by atoms with Gasteiger partial charge in [-0.1, -0.05) is 199 Å². The van der Waals surface area contributed by atoms with E-state index in [1.54, 1.807) is 0 Å². The molecule has 57 heavy (non-hydrogen) atoms. The van der Waals surface area contributed by atoms with E-state index in [2.05, 4.69) is 31.3 Å². The van der Waals surface area contributed by atoms with Crippen molar-refractivity contribution in [3.63, 3.8) is 0 Å². The number of hydrogen-bond acceptors (Lipinski definition) is 8. The van der Waals surface area contributed by atoms with Gasteiger partial charge in [0.05, 0.1) is 25.4 Å². The summed E-state index contributed by atoms with van der Waals surface area (Å²) in [5.74, 6) is -0.152. The molecule has 1 amide bonds. The van der Waals surface area contributed by atoms with E-state index >= 15 is 0 Å². The Morgan fingerprint density at radius 3 is 1.42 bits per heavy atom. The van der Waals surface area contributed by atoms with E-state index in [-0.39, 0.29) is 12.5 Å². The number of aliphatic hydroxyl groups is 5. The molecule has 1 heterocycles. The van der Waals surface area contributed by atoms with Crippen LogP contribution in [0.1, 0.15) is 232 Å². The lowest BCUT2D eigenvalue weighted by Gasteiger charge is -2.40. The van der Waals surface area contributed by atoms with Crippen LogP contribution in [0.25, 0.3) is 0 Å². The molecular weight excluding hydrogens is 719 g/mol. The van der Waals surface area contributed by atoms with Crippen LogP contribution in [-0.2, 0) is 14.3 Å². The normalized spacial score (nSPS) is 21.0. The first-order valence-corrected chi connectivity index (χ1v) is 24.4. The Hall–Kier alpha value is -1.07. The number of rotatable bonds is 41. The molecule has 0 aromatic heterocycles. The standard InChI is InChI=1S/C48H93NO8/c1-3-5-7-8-9-10-11-12-13-14-15-16-17-18-19-20-21-22-23-24-25-26-27-28-29-30-31-32-33-34-36-38-44(52)49-41(42(51)37-35-6-4-2)40-56-48-47(55)46(54)45(53)43(39-50)57-48/h14-15,41-43,45-48,50-51,53-55H,3-13,16-40H2,1-2H3,(H,49,52)/b15-14-. The molecule has 7 unspecified atom stereocenters. The number of ether oxygens (including phenoxy) is 2. The van der Waals surface area contributed by atoms with E-state index in [9.17, 15) is 30.3 Å². The maximum Gasteiger partial charge on any atom is 0.220 e. The lowest BCUT2D eigenvalue weighted by Crippen LogP contribution is -2.60. The van der Waals surface area contributed by atoms with Crippen molar-refractivity contribution in [1.82, 2.24) is 5.32 Å². The van der Waals surface area contributed by atoms with E-state index in [1.807, 2.05) is 0 Å². The molecule has 1 aliphatic rings. The van der Waals surface area contributed by atoms with Gasteiger partial charge in [0.25, 0.3) is 0 Å². The van der Waals surface area contributed by atoms with E-state index in [4.69, 9.17) is 9.47 Å². The van der Waals surface area contributed by atoms with Gasteiger partial charge in [0, 0.05) is 6.42 Å². The summed E-state index contributed by atoms with van der Waals surface area (Å²) in [6.45, 7) is 3.68. The molecule has 9 nitrogen and oxygen atoms in total. The molecule has 0 bridgehead atoms. The zero-order valence-corrected chi connectivity index (χ0v) is 37.1.